The van der Waals surface area contributed by atoms with Gasteiger partial charge in [-0.05, 0) is 24.6 Å². The number of nitrogens with zero attached hydrogens (tertiary/aromatic N) is 1. The van der Waals surface area contributed by atoms with Crippen LogP contribution in [-0.4, -0.2) is 22.8 Å². The topological polar surface area (TPSA) is 63.7 Å². The van der Waals surface area contributed by atoms with E-state index in [1.165, 1.54) is 12.1 Å². The zero-order chi connectivity index (χ0) is 15.7. The molecule has 22 heavy (non-hydrogen) atoms. The summed E-state index contributed by atoms with van der Waals surface area (Å²) < 4.78 is 0. The first-order chi connectivity index (χ1) is 10.6. The smallest absolute Gasteiger partial charge is 0.329 e. The van der Waals surface area contributed by atoms with Crippen LogP contribution >= 0.6 is 0 Å². The van der Waals surface area contributed by atoms with Crippen LogP contribution in [0.25, 0.3) is 0 Å². The third-order valence-electron chi connectivity index (χ3n) is 3.42. The summed E-state index contributed by atoms with van der Waals surface area (Å²) in [4.78, 5) is 41.0. The van der Waals surface area contributed by atoms with E-state index in [0.717, 1.165) is 11.1 Å². The Labute approximate surface area is 127 Å². The van der Waals surface area contributed by atoms with E-state index in [4.69, 9.17) is 4.84 Å². The number of benzene rings is 2. The number of fused-ring (bicyclic) bond motifs is 1. The predicted octanol–water partition coefficient (Wildman–Crippen LogP) is 2.29. The van der Waals surface area contributed by atoms with Gasteiger partial charge < -0.3 is 4.84 Å². The lowest BCUT2D eigenvalue weighted by molar-refractivity contribution is -0.167. The molecule has 1 aliphatic heterocycles. The minimum Gasteiger partial charge on any atom is -0.329 e. The number of hydroxylamine groups is 2. The van der Waals surface area contributed by atoms with Crippen LogP contribution in [0.2, 0.25) is 0 Å². The highest BCUT2D eigenvalue weighted by Gasteiger charge is 2.38. The predicted molar refractivity (Wildman–Crippen MR) is 77.9 cm³/mol. The second-order valence-electron chi connectivity index (χ2n) is 5.08. The molecule has 5 heteroatoms. The summed E-state index contributed by atoms with van der Waals surface area (Å²) in [6, 6.07) is 13.7. The Morgan fingerprint density at radius 3 is 2.05 bits per heavy atom. The fraction of sp³-hybridized carbons (Fsp3) is 0.118. The molecule has 0 aliphatic carbocycles. The normalized spacial score (nSPS) is 13.2. The minimum absolute atomic E-state index is 0.00626. The van der Waals surface area contributed by atoms with Gasteiger partial charge in [-0.3, -0.25) is 9.59 Å². The Kier molecular flexibility index (Phi) is 3.47. The quantitative estimate of drug-likeness (QED) is 0.815. The molecule has 2 aromatic rings. The van der Waals surface area contributed by atoms with Gasteiger partial charge >= 0.3 is 5.97 Å². The maximum atomic E-state index is 12.1. The van der Waals surface area contributed by atoms with E-state index in [9.17, 15) is 14.4 Å². The van der Waals surface area contributed by atoms with Gasteiger partial charge in [-0.2, -0.15) is 0 Å². The summed E-state index contributed by atoms with van der Waals surface area (Å²) in [5, 5.41) is 0.529. The van der Waals surface area contributed by atoms with E-state index in [1.54, 1.807) is 24.3 Å². The van der Waals surface area contributed by atoms with Gasteiger partial charge in [0.25, 0.3) is 11.8 Å². The summed E-state index contributed by atoms with van der Waals surface area (Å²) >= 11 is 0. The van der Waals surface area contributed by atoms with Crippen molar-refractivity contribution in [2.75, 3.05) is 0 Å². The highest BCUT2D eigenvalue weighted by atomic mass is 16.7. The lowest BCUT2D eigenvalue weighted by Gasteiger charge is -2.12. The molecule has 0 spiro atoms. The molecule has 110 valence electrons. The summed E-state index contributed by atoms with van der Waals surface area (Å²) in [7, 11) is 0. The van der Waals surface area contributed by atoms with Crippen molar-refractivity contribution in [2.24, 2.45) is 0 Å². The van der Waals surface area contributed by atoms with Gasteiger partial charge in [0.15, 0.2) is 0 Å². The van der Waals surface area contributed by atoms with E-state index in [0.29, 0.717) is 5.06 Å². The zero-order valence-electron chi connectivity index (χ0n) is 11.9. The molecular formula is C17H13NO4. The molecule has 0 unspecified atom stereocenters. The third kappa shape index (κ3) is 2.48. The lowest BCUT2D eigenvalue weighted by atomic mass is 10.1. The molecule has 1 heterocycles. The van der Waals surface area contributed by atoms with E-state index < -0.39 is 17.8 Å². The van der Waals surface area contributed by atoms with E-state index in [2.05, 4.69) is 0 Å². The number of carbonyl (C=O) groups is 3. The summed E-state index contributed by atoms with van der Waals surface area (Å²) in [5.41, 5.74) is 2.33. The number of rotatable bonds is 3. The molecule has 2 amide bonds. The van der Waals surface area contributed by atoms with Crippen molar-refractivity contribution in [1.29, 1.82) is 0 Å². The van der Waals surface area contributed by atoms with Gasteiger partial charge in [0, 0.05) is 0 Å². The number of hydrogen-bond acceptors (Lipinski definition) is 4. The molecule has 0 aromatic heterocycles. The Bertz CT molecular complexity index is 729. The minimum atomic E-state index is -0.654. The molecule has 0 saturated carbocycles. The monoisotopic (exact) mass is 295 g/mol. The van der Waals surface area contributed by atoms with Crippen molar-refractivity contribution < 1.29 is 19.2 Å². The van der Waals surface area contributed by atoms with Crippen LogP contribution in [0.3, 0.4) is 0 Å². The first kappa shape index (κ1) is 14.0. The number of aryl methyl sites for hydroxylation is 1. The van der Waals surface area contributed by atoms with Gasteiger partial charge in [0.2, 0.25) is 0 Å². The van der Waals surface area contributed by atoms with Crippen molar-refractivity contribution in [3.8, 4) is 0 Å². The van der Waals surface area contributed by atoms with Crippen LogP contribution in [0.5, 0.6) is 0 Å². The Hall–Kier alpha value is -2.95. The van der Waals surface area contributed by atoms with Crippen molar-refractivity contribution in [2.45, 2.75) is 13.3 Å². The van der Waals surface area contributed by atoms with Gasteiger partial charge in [0.05, 0.1) is 17.5 Å². The molecule has 0 bridgehead atoms. The largest absolute Gasteiger partial charge is 0.337 e. The van der Waals surface area contributed by atoms with Gasteiger partial charge in [-0.15, -0.1) is 0 Å². The first-order valence-electron chi connectivity index (χ1n) is 6.80. The van der Waals surface area contributed by atoms with Gasteiger partial charge in [-0.25, -0.2) is 4.79 Å². The van der Waals surface area contributed by atoms with Crippen LogP contribution in [0, 0.1) is 6.92 Å². The van der Waals surface area contributed by atoms with Crippen molar-refractivity contribution in [1.82, 2.24) is 5.06 Å². The average Bonchev–Trinajstić information content (AvgIpc) is 2.75. The Morgan fingerprint density at radius 1 is 0.955 bits per heavy atom. The standard InChI is InChI=1S/C17H13NO4/c1-11-6-8-12(9-7-11)10-15(19)22-18-16(20)13-4-2-3-5-14(13)17(18)21/h2-9H,10H2,1H3. The van der Waals surface area contributed by atoms with Crippen molar-refractivity contribution in [3.63, 3.8) is 0 Å². The average molecular weight is 295 g/mol. The molecular weight excluding hydrogens is 282 g/mol. The third-order valence-corrected chi connectivity index (χ3v) is 3.42. The zero-order valence-corrected chi connectivity index (χ0v) is 11.9. The van der Waals surface area contributed by atoms with Crippen LogP contribution < -0.4 is 0 Å². The van der Waals surface area contributed by atoms with E-state index in [1.807, 2.05) is 19.1 Å². The summed E-state index contributed by atoms with van der Waals surface area (Å²) in [5.74, 6) is -1.88. The van der Waals surface area contributed by atoms with Crippen LogP contribution in [0.15, 0.2) is 48.5 Å². The molecule has 0 fully saturated rings. The number of imide groups is 1. The van der Waals surface area contributed by atoms with E-state index >= 15 is 0 Å². The molecule has 0 saturated heterocycles. The highest BCUT2D eigenvalue weighted by molar-refractivity contribution is 6.20. The second-order valence-corrected chi connectivity index (χ2v) is 5.08. The van der Waals surface area contributed by atoms with Crippen molar-refractivity contribution >= 4 is 17.8 Å². The summed E-state index contributed by atoms with van der Waals surface area (Å²) in [6.45, 7) is 1.95. The van der Waals surface area contributed by atoms with Crippen LogP contribution in [0.1, 0.15) is 31.8 Å². The Balaban J connectivity index is 1.71. The SMILES string of the molecule is Cc1ccc(CC(=O)ON2C(=O)c3ccccc3C2=O)cc1. The molecule has 0 N–H and O–H groups in total. The molecule has 0 atom stereocenters. The number of hydrogen-bond donors (Lipinski definition) is 0. The lowest BCUT2D eigenvalue weighted by Crippen LogP contribution is -2.33. The highest BCUT2D eigenvalue weighted by Crippen LogP contribution is 2.22. The maximum absolute atomic E-state index is 12.1. The summed E-state index contributed by atoms with van der Waals surface area (Å²) in [6.07, 6.45) is -0.00626. The molecule has 3 rings (SSSR count). The molecule has 5 nitrogen and oxygen atoms in total. The van der Waals surface area contributed by atoms with Crippen LogP contribution in [0.4, 0.5) is 0 Å². The first-order valence-corrected chi connectivity index (χ1v) is 6.80. The number of carbonyl (C=O) groups excluding carboxylic acids is 3. The maximum Gasteiger partial charge on any atom is 0.337 e. The van der Waals surface area contributed by atoms with Gasteiger partial charge in [-0.1, -0.05) is 47.0 Å². The second kappa shape index (κ2) is 5.44. The molecule has 1 aliphatic rings. The van der Waals surface area contributed by atoms with E-state index in [-0.39, 0.29) is 17.5 Å². The molecule has 2 aromatic carbocycles. The van der Waals surface area contributed by atoms with Gasteiger partial charge in [0.1, 0.15) is 0 Å². The van der Waals surface area contributed by atoms with Crippen LogP contribution in [-0.2, 0) is 16.1 Å². The number of amides is 2. The molecule has 0 radical (unpaired) electrons. The van der Waals surface area contributed by atoms with Crippen molar-refractivity contribution in [3.05, 3.63) is 70.8 Å². The Morgan fingerprint density at radius 2 is 1.50 bits per heavy atom. The fourth-order valence-electron chi connectivity index (χ4n) is 2.26. The fourth-order valence-corrected chi connectivity index (χ4v) is 2.26.